The summed E-state index contributed by atoms with van der Waals surface area (Å²) < 4.78 is 0. The minimum Gasteiger partial charge on any atom is -0.309 e. The fourth-order valence-electron chi connectivity index (χ4n) is 2.24. The summed E-state index contributed by atoms with van der Waals surface area (Å²) in [5.74, 6) is 3.52. The molecule has 0 aromatic carbocycles. The zero-order chi connectivity index (χ0) is 11.4. The van der Waals surface area contributed by atoms with E-state index in [0.717, 1.165) is 12.5 Å². The van der Waals surface area contributed by atoms with Gasteiger partial charge >= 0.3 is 0 Å². The largest absolute Gasteiger partial charge is 0.309 e. The van der Waals surface area contributed by atoms with E-state index in [1.807, 2.05) is 11.3 Å². The summed E-state index contributed by atoms with van der Waals surface area (Å²) in [6.07, 6.45) is 2.60. The molecule has 1 aromatic rings. The molecule has 0 spiro atoms. The van der Waals surface area contributed by atoms with Crippen molar-refractivity contribution in [2.45, 2.75) is 32.7 Å². The van der Waals surface area contributed by atoms with E-state index in [4.69, 9.17) is 0 Å². The van der Waals surface area contributed by atoms with Gasteiger partial charge in [-0.2, -0.15) is 11.8 Å². The van der Waals surface area contributed by atoms with Gasteiger partial charge in [0.25, 0.3) is 0 Å². The van der Waals surface area contributed by atoms with Crippen LogP contribution in [0.4, 0.5) is 0 Å². The third-order valence-electron chi connectivity index (χ3n) is 3.12. The fourth-order valence-corrected chi connectivity index (χ4v) is 4.58. The molecule has 90 valence electrons. The molecular weight excluding hydrogens is 234 g/mol. The number of hydrogen-bond donors (Lipinski definition) is 1. The lowest BCUT2D eigenvalue weighted by Gasteiger charge is -2.23. The van der Waals surface area contributed by atoms with Crippen molar-refractivity contribution in [3.8, 4) is 0 Å². The molecule has 1 aliphatic heterocycles. The van der Waals surface area contributed by atoms with E-state index in [-0.39, 0.29) is 0 Å². The third-order valence-corrected chi connectivity index (χ3v) is 5.39. The lowest BCUT2D eigenvalue weighted by molar-refractivity contribution is 0.399. The second-order valence-electron chi connectivity index (χ2n) is 4.50. The van der Waals surface area contributed by atoms with Crippen molar-refractivity contribution in [3.05, 3.63) is 21.9 Å². The van der Waals surface area contributed by atoms with Crippen LogP contribution in [0.15, 0.2) is 12.1 Å². The Kier molecular flexibility index (Phi) is 4.74. The van der Waals surface area contributed by atoms with Crippen molar-refractivity contribution >= 4 is 23.1 Å². The Bertz CT molecular complexity index is 315. The van der Waals surface area contributed by atoms with Gasteiger partial charge in [0.15, 0.2) is 0 Å². The fraction of sp³-hybridized carbons (Fsp3) is 0.692. The van der Waals surface area contributed by atoms with Gasteiger partial charge in [0, 0.05) is 15.8 Å². The number of thioether (sulfide) groups is 1. The predicted molar refractivity (Wildman–Crippen MR) is 75.5 cm³/mol. The van der Waals surface area contributed by atoms with Crippen molar-refractivity contribution < 1.29 is 0 Å². The van der Waals surface area contributed by atoms with Gasteiger partial charge in [-0.25, -0.2) is 0 Å². The maximum absolute atomic E-state index is 3.74. The Morgan fingerprint density at radius 3 is 2.94 bits per heavy atom. The van der Waals surface area contributed by atoms with Gasteiger partial charge in [-0.05, 0) is 55.9 Å². The molecule has 1 saturated heterocycles. The molecule has 2 heterocycles. The van der Waals surface area contributed by atoms with E-state index < -0.39 is 0 Å². The summed E-state index contributed by atoms with van der Waals surface area (Å²) in [6, 6.07) is 5.17. The number of thiophene rings is 1. The van der Waals surface area contributed by atoms with Gasteiger partial charge in [-0.1, -0.05) is 6.92 Å². The first-order chi connectivity index (χ1) is 7.81. The molecule has 1 fully saturated rings. The molecule has 0 radical (unpaired) electrons. The zero-order valence-corrected chi connectivity index (χ0v) is 11.8. The Hall–Kier alpha value is 0.01000. The minimum absolute atomic E-state index is 0.605. The molecule has 2 rings (SSSR count). The smallest absolute Gasteiger partial charge is 0.0451 e. The highest BCUT2D eigenvalue weighted by molar-refractivity contribution is 7.99. The molecule has 0 bridgehead atoms. The summed E-state index contributed by atoms with van der Waals surface area (Å²) >= 11 is 4.07. The van der Waals surface area contributed by atoms with Gasteiger partial charge in [-0.15, -0.1) is 11.3 Å². The third kappa shape index (κ3) is 3.02. The number of nitrogens with one attached hydrogen (secondary N) is 1. The maximum Gasteiger partial charge on any atom is 0.0451 e. The molecule has 0 aliphatic carbocycles. The quantitative estimate of drug-likeness (QED) is 0.857. The van der Waals surface area contributed by atoms with Crippen molar-refractivity contribution in [1.82, 2.24) is 5.32 Å². The van der Waals surface area contributed by atoms with Crippen molar-refractivity contribution in [1.29, 1.82) is 0 Å². The van der Waals surface area contributed by atoms with Crippen LogP contribution in [-0.4, -0.2) is 18.1 Å². The highest BCUT2D eigenvalue weighted by Crippen LogP contribution is 2.36. The van der Waals surface area contributed by atoms with Crippen LogP contribution in [0, 0.1) is 12.8 Å². The molecule has 1 aromatic heterocycles. The monoisotopic (exact) mass is 255 g/mol. The van der Waals surface area contributed by atoms with Crippen LogP contribution in [-0.2, 0) is 0 Å². The van der Waals surface area contributed by atoms with Gasteiger partial charge in [0.05, 0.1) is 0 Å². The first kappa shape index (κ1) is 12.5. The van der Waals surface area contributed by atoms with E-state index in [2.05, 4.69) is 43.1 Å². The summed E-state index contributed by atoms with van der Waals surface area (Å²) in [5.41, 5.74) is 0. The average Bonchev–Trinajstić information content (AvgIpc) is 2.91. The highest BCUT2D eigenvalue weighted by Gasteiger charge is 2.26. The molecule has 0 amide bonds. The molecule has 3 heteroatoms. The van der Waals surface area contributed by atoms with Crippen LogP contribution in [0.5, 0.6) is 0 Å². The summed E-state index contributed by atoms with van der Waals surface area (Å²) in [7, 11) is 0. The first-order valence-electron chi connectivity index (χ1n) is 6.18. The first-order valence-corrected chi connectivity index (χ1v) is 8.16. The van der Waals surface area contributed by atoms with E-state index >= 15 is 0 Å². The SMILES string of the molecule is CCCNC(c1ccc(C)s1)C1CCSC1. The standard InChI is InChI=1S/C13H21NS2/c1-3-7-14-13(11-6-8-15-9-11)12-5-4-10(2)16-12/h4-5,11,13-14H,3,6-9H2,1-2H3. The molecule has 2 unspecified atom stereocenters. The maximum atomic E-state index is 3.74. The molecule has 16 heavy (non-hydrogen) atoms. The van der Waals surface area contributed by atoms with Gasteiger partial charge in [0.1, 0.15) is 0 Å². The minimum atomic E-state index is 0.605. The Balaban J connectivity index is 2.06. The molecular formula is C13H21NS2. The summed E-state index contributed by atoms with van der Waals surface area (Å²) in [6.45, 7) is 5.59. The number of hydrogen-bond acceptors (Lipinski definition) is 3. The Morgan fingerprint density at radius 1 is 1.50 bits per heavy atom. The second-order valence-corrected chi connectivity index (χ2v) is 6.97. The van der Waals surface area contributed by atoms with Gasteiger partial charge < -0.3 is 5.32 Å². The second kappa shape index (κ2) is 6.08. The Morgan fingerprint density at radius 2 is 2.38 bits per heavy atom. The van der Waals surface area contributed by atoms with Gasteiger partial charge in [-0.3, -0.25) is 0 Å². The van der Waals surface area contributed by atoms with Crippen LogP contribution >= 0.6 is 23.1 Å². The van der Waals surface area contributed by atoms with E-state index in [0.29, 0.717) is 6.04 Å². The predicted octanol–water partition coefficient (Wildman–Crippen LogP) is 3.85. The average molecular weight is 255 g/mol. The van der Waals surface area contributed by atoms with Crippen LogP contribution < -0.4 is 5.32 Å². The number of rotatable bonds is 5. The van der Waals surface area contributed by atoms with E-state index in [1.54, 1.807) is 4.88 Å². The van der Waals surface area contributed by atoms with Gasteiger partial charge in [0.2, 0.25) is 0 Å². The zero-order valence-electron chi connectivity index (χ0n) is 10.2. The summed E-state index contributed by atoms with van der Waals surface area (Å²) in [4.78, 5) is 2.97. The van der Waals surface area contributed by atoms with E-state index in [1.165, 1.54) is 29.2 Å². The van der Waals surface area contributed by atoms with Crippen LogP contribution in [0.2, 0.25) is 0 Å². The van der Waals surface area contributed by atoms with Crippen molar-refractivity contribution in [3.63, 3.8) is 0 Å². The molecule has 1 N–H and O–H groups in total. The molecule has 1 aliphatic rings. The lowest BCUT2D eigenvalue weighted by Crippen LogP contribution is -2.28. The summed E-state index contributed by atoms with van der Waals surface area (Å²) in [5, 5.41) is 3.74. The number of aryl methyl sites for hydroxylation is 1. The lowest BCUT2D eigenvalue weighted by atomic mass is 9.97. The topological polar surface area (TPSA) is 12.0 Å². The van der Waals surface area contributed by atoms with Crippen LogP contribution in [0.3, 0.4) is 0 Å². The van der Waals surface area contributed by atoms with Crippen molar-refractivity contribution in [2.75, 3.05) is 18.1 Å². The van der Waals surface area contributed by atoms with Crippen molar-refractivity contribution in [2.24, 2.45) is 5.92 Å². The van der Waals surface area contributed by atoms with E-state index in [9.17, 15) is 0 Å². The Labute approximate surface area is 107 Å². The molecule has 0 saturated carbocycles. The normalized spacial score (nSPS) is 22.5. The highest BCUT2D eigenvalue weighted by atomic mass is 32.2. The molecule has 2 atom stereocenters. The molecule has 1 nitrogen and oxygen atoms in total. The van der Waals surface area contributed by atoms with Crippen LogP contribution in [0.25, 0.3) is 0 Å². The van der Waals surface area contributed by atoms with Crippen LogP contribution in [0.1, 0.15) is 35.6 Å².